The average molecular weight is 305 g/mol. The van der Waals surface area contributed by atoms with Crippen LogP contribution in [0.25, 0.3) is 0 Å². The molecule has 0 aromatic rings. The first-order valence-electron chi connectivity index (χ1n) is 8.65. The Labute approximate surface area is 135 Å². The van der Waals surface area contributed by atoms with Crippen LogP contribution >= 0.6 is 0 Å². The van der Waals surface area contributed by atoms with Crippen LogP contribution in [0, 0.1) is 0 Å². The molecule has 1 atom stereocenters. The van der Waals surface area contributed by atoms with Gasteiger partial charge in [-0.1, -0.05) is 13.2 Å². The Morgan fingerprint density at radius 3 is 2.73 bits per heavy atom. The molecule has 3 rings (SSSR count). The van der Waals surface area contributed by atoms with Crippen molar-refractivity contribution in [3.8, 4) is 0 Å². The van der Waals surface area contributed by atoms with Crippen molar-refractivity contribution in [3.05, 3.63) is 25.1 Å². The lowest BCUT2D eigenvalue weighted by Gasteiger charge is -2.53. The summed E-state index contributed by atoms with van der Waals surface area (Å²) in [5.74, 6) is 0. The molecule has 0 aromatic carbocycles. The normalized spacial score (nSPS) is 26.7. The van der Waals surface area contributed by atoms with E-state index in [1.807, 2.05) is 0 Å². The van der Waals surface area contributed by atoms with Crippen LogP contribution in [0.1, 0.15) is 25.7 Å². The van der Waals surface area contributed by atoms with Crippen LogP contribution in [0.5, 0.6) is 0 Å². The second-order valence-corrected chi connectivity index (χ2v) is 7.10. The van der Waals surface area contributed by atoms with Crippen LogP contribution in [0.4, 0.5) is 0 Å². The lowest BCUT2D eigenvalue weighted by atomic mass is 9.86. The number of nitrogens with zero attached hydrogens (tertiary/aromatic N) is 3. The Bertz CT molecular complexity index is 409. The number of hydrogen-bond donors (Lipinski definition) is 2. The van der Waals surface area contributed by atoms with E-state index in [4.69, 9.17) is 0 Å². The average Bonchev–Trinajstić information content (AvgIpc) is 2.88. The van der Waals surface area contributed by atoms with Crippen molar-refractivity contribution in [1.29, 1.82) is 0 Å². The highest BCUT2D eigenvalue weighted by Crippen LogP contribution is 2.36. The predicted octanol–water partition coefficient (Wildman–Crippen LogP) is 0.982. The highest BCUT2D eigenvalue weighted by atomic mass is 15.5. The van der Waals surface area contributed by atoms with E-state index in [-0.39, 0.29) is 6.04 Å². The van der Waals surface area contributed by atoms with Gasteiger partial charge in [-0.25, -0.2) is 5.43 Å². The molecule has 3 saturated heterocycles. The monoisotopic (exact) mass is 305 g/mol. The maximum absolute atomic E-state index is 4.33. The van der Waals surface area contributed by atoms with E-state index < -0.39 is 0 Å². The van der Waals surface area contributed by atoms with Crippen LogP contribution in [-0.4, -0.2) is 72.7 Å². The minimum absolute atomic E-state index is 0.243. The van der Waals surface area contributed by atoms with E-state index in [0.717, 1.165) is 25.3 Å². The standard InChI is InChI=1S/C17H31N5/c1-4-18-16(15(2)22-11-6-5-9-19-22)12-21-13-17(14-21)8-7-10-20(17)3/h4,16,18-19H,1-2,5-14H2,3H3. The number of likely N-dealkylation sites (tertiary alicyclic amines) is 2. The molecule has 1 spiro atoms. The highest BCUT2D eigenvalue weighted by Gasteiger charge is 2.48. The molecule has 1 unspecified atom stereocenters. The van der Waals surface area contributed by atoms with E-state index in [1.54, 1.807) is 6.20 Å². The number of rotatable bonds is 6. The topological polar surface area (TPSA) is 33.8 Å². The van der Waals surface area contributed by atoms with Crippen LogP contribution in [0.15, 0.2) is 25.1 Å². The van der Waals surface area contributed by atoms with Gasteiger partial charge >= 0.3 is 0 Å². The van der Waals surface area contributed by atoms with Gasteiger partial charge < -0.3 is 10.3 Å². The van der Waals surface area contributed by atoms with Crippen molar-refractivity contribution in [3.63, 3.8) is 0 Å². The zero-order chi connectivity index (χ0) is 15.6. The third-order valence-corrected chi connectivity index (χ3v) is 5.60. The molecule has 0 aliphatic carbocycles. The predicted molar refractivity (Wildman–Crippen MR) is 91.2 cm³/mol. The molecule has 2 N–H and O–H groups in total. The molecule has 5 heteroatoms. The van der Waals surface area contributed by atoms with Crippen molar-refractivity contribution < 1.29 is 0 Å². The van der Waals surface area contributed by atoms with Crippen molar-refractivity contribution >= 4 is 0 Å². The van der Waals surface area contributed by atoms with Crippen molar-refractivity contribution in [1.82, 2.24) is 25.6 Å². The van der Waals surface area contributed by atoms with Gasteiger partial charge in [-0.2, -0.15) is 0 Å². The lowest BCUT2D eigenvalue weighted by molar-refractivity contribution is -0.0206. The molecule has 3 fully saturated rings. The van der Waals surface area contributed by atoms with E-state index in [9.17, 15) is 0 Å². The largest absolute Gasteiger partial charge is 0.382 e. The number of likely N-dealkylation sites (N-methyl/N-ethyl adjacent to an activating group) is 1. The molecule has 0 aromatic heterocycles. The summed E-state index contributed by atoms with van der Waals surface area (Å²) in [4.78, 5) is 5.11. The summed E-state index contributed by atoms with van der Waals surface area (Å²) in [5.41, 5.74) is 5.06. The summed E-state index contributed by atoms with van der Waals surface area (Å²) < 4.78 is 0. The Balaban J connectivity index is 1.54. The molecule has 0 bridgehead atoms. The lowest BCUT2D eigenvalue weighted by Crippen LogP contribution is -2.68. The minimum Gasteiger partial charge on any atom is -0.382 e. The SMILES string of the molecule is C=CNC(CN1CC2(CCCN2C)C1)C(=C)N1CCCCN1. The Morgan fingerprint density at radius 2 is 2.14 bits per heavy atom. The third kappa shape index (κ3) is 3.03. The second-order valence-electron chi connectivity index (χ2n) is 7.10. The Morgan fingerprint density at radius 1 is 1.32 bits per heavy atom. The summed E-state index contributed by atoms with van der Waals surface area (Å²) in [7, 11) is 2.28. The van der Waals surface area contributed by atoms with E-state index >= 15 is 0 Å². The van der Waals surface area contributed by atoms with Gasteiger partial charge in [0, 0.05) is 44.0 Å². The minimum atomic E-state index is 0.243. The number of nitrogens with one attached hydrogen (secondary N) is 2. The molecular weight excluding hydrogens is 274 g/mol. The van der Waals surface area contributed by atoms with Gasteiger partial charge in [0.25, 0.3) is 0 Å². The fraction of sp³-hybridized carbons (Fsp3) is 0.765. The fourth-order valence-electron chi connectivity index (χ4n) is 4.16. The molecule has 3 heterocycles. The first-order valence-corrected chi connectivity index (χ1v) is 8.65. The summed E-state index contributed by atoms with van der Waals surface area (Å²) in [6.45, 7) is 14.9. The molecular formula is C17H31N5. The molecule has 3 aliphatic heterocycles. The maximum Gasteiger partial charge on any atom is 0.0792 e. The first-order chi connectivity index (χ1) is 10.6. The van der Waals surface area contributed by atoms with Crippen molar-refractivity contribution in [2.24, 2.45) is 0 Å². The maximum atomic E-state index is 4.33. The van der Waals surface area contributed by atoms with Crippen molar-refractivity contribution in [2.45, 2.75) is 37.3 Å². The zero-order valence-electron chi connectivity index (χ0n) is 14.0. The van der Waals surface area contributed by atoms with E-state index in [1.165, 1.54) is 45.3 Å². The molecule has 124 valence electrons. The summed E-state index contributed by atoms with van der Waals surface area (Å²) in [6, 6.07) is 0.243. The molecule has 3 aliphatic rings. The van der Waals surface area contributed by atoms with E-state index in [0.29, 0.717) is 5.54 Å². The van der Waals surface area contributed by atoms with Gasteiger partial charge in [0.05, 0.1) is 6.04 Å². The summed E-state index contributed by atoms with van der Waals surface area (Å²) in [6.07, 6.45) is 7.00. The number of hydrazine groups is 1. The van der Waals surface area contributed by atoms with Crippen LogP contribution in [0.3, 0.4) is 0 Å². The van der Waals surface area contributed by atoms with E-state index in [2.05, 4.69) is 45.8 Å². The Kier molecular flexibility index (Phi) is 4.76. The van der Waals surface area contributed by atoms with Gasteiger partial charge in [-0.05, 0) is 45.5 Å². The van der Waals surface area contributed by atoms with Gasteiger partial charge in [0.2, 0.25) is 0 Å². The number of hydrogen-bond acceptors (Lipinski definition) is 5. The quantitative estimate of drug-likeness (QED) is 0.765. The highest BCUT2D eigenvalue weighted by molar-refractivity contribution is 5.12. The van der Waals surface area contributed by atoms with Gasteiger partial charge in [-0.15, -0.1) is 0 Å². The molecule has 0 amide bonds. The van der Waals surface area contributed by atoms with Gasteiger partial charge in [-0.3, -0.25) is 9.80 Å². The first kappa shape index (κ1) is 15.8. The van der Waals surface area contributed by atoms with Crippen molar-refractivity contribution in [2.75, 3.05) is 46.3 Å². The fourth-order valence-corrected chi connectivity index (χ4v) is 4.16. The van der Waals surface area contributed by atoms with Crippen LogP contribution < -0.4 is 10.7 Å². The molecule has 5 nitrogen and oxygen atoms in total. The Hall–Kier alpha value is -1.04. The smallest absolute Gasteiger partial charge is 0.0792 e. The van der Waals surface area contributed by atoms with Crippen LogP contribution in [-0.2, 0) is 0 Å². The van der Waals surface area contributed by atoms with Crippen LogP contribution in [0.2, 0.25) is 0 Å². The summed E-state index contributed by atoms with van der Waals surface area (Å²) in [5, 5.41) is 5.62. The second kappa shape index (κ2) is 6.60. The molecule has 22 heavy (non-hydrogen) atoms. The molecule has 0 saturated carbocycles. The van der Waals surface area contributed by atoms with Gasteiger partial charge in [0.1, 0.15) is 0 Å². The molecule has 0 radical (unpaired) electrons. The van der Waals surface area contributed by atoms with Gasteiger partial charge in [0.15, 0.2) is 0 Å². The zero-order valence-corrected chi connectivity index (χ0v) is 14.0. The summed E-state index contributed by atoms with van der Waals surface area (Å²) >= 11 is 0. The third-order valence-electron chi connectivity index (χ3n) is 5.60.